The first-order chi connectivity index (χ1) is 8.90. The summed E-state index contributed by atoms with van der Waals surface area (Å²) in [5, 5.41) is 0. The quantitative estimate of drug-likeness (QED) is 0.461. The van der Waals surface area contributed by atoms with Crippen molar-refractivity contribution in [2.75, 3.05) is 6.61 Å². The molecule has 116 valence electrons. The number of halogens is 6. The van der Waals surface area contributed by atoms with E-state index in [9.17, 15) is 23.8 Å². The Morgan fingerprint density at radius 3 is 2.25 bits per heavy atom. The maximum atomic E-state index is 13.8. The lowest BCUT2D eigenvalue weighted by molar-refractivity contribution is 0.308. The highest BCUT2D eigenvalue weighted by atomic mass is 32.5. The molecule has 0 bridgehead atoms. The molecule has 0 radical (unpaired) electrons. The van der Waals surface area contributed by atoms with Gasteiger partial charge in [-0.15, -0.1) is 6.58 Å². The topological polar surface area (TPSA) is 9.23 Å². The first-order valence-corrected chi connectivity index (χ1v) is 7.65. The molecule has 20 heavy (non-hydrogen) atoms. The van der Waals surface area contributed by atoms with E-state index in [-0.39, 0.29) is 19.4 Å². The van der Waals surface area contributed by atoms with Crippen LogP contribution in [-0.2, 0) is 6.42 Å². The standard InChI is InChI=1S/C12H14F6OS/c1-3-5-6-9-7-8-10(19-4-2)11(13)12(9)20(14,15,16,17)18/h3,7-8H,1,4-6H2,2H3. The molecular weight excluding hydrogens is 306 g/mol. The van der Waals surface area contributed by atoms with E-state index < -0.39 is 32.2 Å². The van der Waals surface area contributed by atoms with E-state index in [1.807, 2.05) is 0 Å². The molecule has 1 nitrogen and oxygen atoms in total. The lowest BCUT2D eigenvalue weighted by atomic mass is 10.1. The fourth-order valence-electron chi connectivity index (χ4n) is 1.72. The minimum Gasteiger partial charge on any atom is -0.491 e. The van der Waals surface area contributed by atoms with Gasteiger partial charge in [-0.3, -0.25) is 0 Å². The molecule has 0 heterocycles. The fraction of sp³-hybridized carbons (Fsp3) is 0.333. The predicted molar refractivity (Wildman–Crippen MR) is 67.5 cm³/mol. The van der Waals surface area contributed by atoms with Gasteiger partial charge in [0.25, 0.3) is 0 Å². The lowest BCUT2D eigenvalue weighted by Gasteiger charge is -2.42. The van der Waals surface area contributed by atoms with Crippen LogP contribution in [0.15, 0.2) is 29.7 Å². The minimum absolute atomic E-state index is 0.0221. The van der Waals surface area contributed by atoms with E-state index in [4.69, 9.17) is 0 Å². The summed E-state index contributed by atoms with van der Waals surface area (Å²) in [6, 6.07) is 1.73. The van der Waals surface area contributed by atoms with Crippen LogP contribution in [-0.4, -0.2) is 6.61 Å². The number of hydrogen-bond acceptors (Lipinski definition) is 1. The van der Waals surface area contributed by atoms with Gasteiger partial charge in [-0.05, 0) is 31.4 Å². The van der Waals surface area contributed by atoms with Gasteiger partial charge in [0, 0.05) is 0 Å². The van der Waals surface area contributed by atoms with Gasteiger partial charge in [-0.2, -0.15) is 0 Å². The number of aryl methyl sites for hydroxylation is 1. The summed E-state index contributed by atoms with van der Waals surface area (Å²) in [4.78, 5) is -2.49. The lowest BCUT2D eigenvalue weighted by Crippen LogP contribution is -2.13. The van der Waals surface area contributed by atoms with E-state index in [0.717, 1.165) is 12.1 Å². The van der Waals surface area contributed by atoms with E-state index in [2.05, 4.69) is 11.3 Å². The fourth-order valence-corrected chi connectivity index (χ4v) is 2.82. The molecule has 0 spiro atoms. The van der Waals surface area contributed by atoms with E-state index in [1.165, 1.54) is 13.0 Å². The second-order valence-electron chi connectivity index (χ2n) is 4.10. The first kappa shape index (κ1) is 16.7. The van der Waals surface area contributed by atoms with Crippen molar-refractivity contribution in [3.8, 4) is 5.75 Å². The van der Waals surface area contributed by atoms with Crippen LogP contribution >= 0.6 is 10.2 Å². The maximum Gasteiger partial charge on any atom is 0.313 e. The molecule has 1 rings (SSSR count). The van der Waals surface area contributed by atoms with Crippen LogP contribution in [0, 0.1) is 5.82 Å². The molecule has 0 aliphatic rings. The van der Waals surface area contributed by atoms with Gasteiger partial charge in [0.15, 0.2) is 11.6 Å². The van der Waals surface area contributed by atoms with Crippen LogP contribution < -0.4 is 4.74 Å². The third-order valence-corrected chi connectivity index (χ3v) is 3.66. The number of allylic oxidation sites excluding steroid dienone is 1. The Labute approximate surface area is 113 Å². The predicted octanol–water partition coefficient (Wildman–Crippen LogP) is 6.00. The molecule has 0 aliphatic heterocycles. The highest BCUT2D eigenvalue weighted by molar-refractivity contribution is 8.45. The van der Waals surface area contributed by atoms with Gasteiger partial charge in [0.2, 0.25) is 0 Å². The molecule has 0 unspecified atom stereocenters. The molecule has 0 amide bonds. The zero-order valence-electron chi connectivity index (χ0n) is 10.6. The van der Waals surface area contributed by atoms with Gasteiger partial charge in [-0.1, -0.05) is 31.6 Å². The van der Waals surface area contributed by atoms with Crippen molar-refractivity contribution >= 4 is 10.2 Å². The molecule has 0 N–H and O–H groups in total. The molecule has 1 aromatic carbocycles. The van der Waals surface area contributed by atoms with Crippen molar-refractivity contribution in [2.45, 2.75) is 24.7 Å². The van der Waals surface area contributed by atoms with Crippen molar-refractivity contribution in [2.24, 2.45) is 0 Å². The second kappa shape index (κ2) is 4.61. The number of hydrogen-bond donors (Lipinski definition) is 0. The third-order valence-electron chi connectivity index (χ3n) is 2.45. The van der Waals surface area contributed by atoms with Crippen molar-refractivity contribution in [1.82, 2.24) is 0 Å². The molecule has 0 saturated heterocycles. The average molecular weight is 320 g/mol. The summed E-state index contributed by atoms with van der Waals surface area (Å²) in [5.74, 6) is -2.90. The van der Waals surface area contributed by atoms with Gasteiger partial charge in [-0.25, -0.2) is 4.39 Å². The third kappa shape index (κ3) is 3.84. The average Bonchev–Trinajstić information content (AvgIpc) is 2.26. The van der Waals surface area contributed by atoms with E-state index in [1.54, 1.807) is 0 Å². The zero-order valence-corrected chi connectivity index (χ0v) is 11.5. The van der Waals surface area contributed by atoms with Crippen molar-refractivity contribution in [3.05, 3.63) is 36.2 Å². The van der Waals surface area contributed by atoms with Crippen LogP contribution in [0.5, 0.6) is 5.75 Å². The van der Waals surface area contributed by atoms with Crippen LogP contribution in [0.4, 0.5) is 23.8 Å². The van der Waals surface area contributed by atoms with E-state index >= 15 is 0 Å². The summed E-state index contributed by atoms with van der Waals surface area (Å²) >= 11 is 0. The van der Waals surface area contributed by atoms with Crippen LogP contribution in [0.25, 0.3) is 0 Å². The van der Waals surface area contributed by atoms with E-state index in [0.29, 0.717) is 0 Å². The van der Waals surface area contributed by atoms with Gasteiger partial charge >= 0.3 is 10.2 Å². The number of benzene rings is 1. The molecule has 1 aromatic rings. The Bertz CT molecular complexity index is 522. The normalized spacial score (nSPS) is 15.3. The molecule has 8 heteroatoms. The smallest absolute Gasteiger partial charge is 0.313 e. The number of rotatable bonds is 6. The monoisotopic (exact) mass is 320 g/mol. The van der Waals surface area contributed by atoms with Crippen LogP contribution in [0.3, 0.4) is 0 Å². The second-order valence-corrected chi connectivity index (χ2v) is 6.44. The van der Waals surface area contributed by atoms with Crippen molar-refractivity contribution in [1.29, 1.82) is 0 Å². The number of ether oxygens (including phenoxy) is 1. The Hall–Kier alpha value is -1.31. The molecule has 0 fully saturated rings. The highest BCUT2D eigenvalue weighted by Gasteiger charge is 2.68. The summed E-state index contributed by atoms with van der Waals surface area (Å²) in [6.07, 6.45) is 0.908. The minimum atomic E-state index is -10.1. The summed E-state index contributed by atoms with van der Waals surface area (Å²) in [7, 11) is -10.1. The van der Waals surface area contributed by atoms with Gasteiger partial charge in [0.05, 0.1) is 6.61 Å². The van der Waals surface area contributed by atoms with Crippen molar-refractivity contribution < 1.29 is 28.6 Å². The molecule has 0 aromatic heterocycles. The Kier molecular flexibility index (Phi) is 3.86. The van der Waals surface area contributed by atoms with Crippen LogP contribution in [0.1, 0.15) is 18.9 Å². The summed E-state index contributed by atoms with van der Waals surface area (Å²) < 4.78 is 83.4. The SMILES string of the molecule is C=CCCc1ccc(OCC)c(F)c1S(F)(F)(F)(F)F. The summed E-state index contributed by atoms with van der Waals surface area (Å²) in [5.41, 5.74) is -0.801. The molecular formula is C12H14F6OS. The zero-order chi connectivity index (χ0) is 15.7. The Balaban J connectivity index is 3.58. The first-order valence-electron chi connectivity index (χ1n) is 5.70. The summed E-state index contributed by atoms with van der Waals surface area (Å²) in [6.45, 7) is 4.57. The molecule has 0 saturated carbocycles. The molecule has 0 aliphatic carbocycles. The maximum absolute atomic E-state index is 13.8. The van der Waals surface area contributed by atoms with Gasteiger partial charge in [0.1, 0.15) is 4.90 Å². The Morgan fingerprint density at radius 2 is 1.80 bits per heavy atom. The van der Waals surface area contributed by atoms with Crippen molar-refractivity contribution in [3.63, 3.8) is 0 Å². The largest absolute Gasteiger partial charge is 0.491 e. The van der Waals surface area contributed by atoms with Gasteiger partial charge < -0.3 is 4.74 Å². The Morgan fingerprint density at radius 1 is 1.20 bits per heavy atom. The van der Waals surface area contributed by atoms with Crippen LogP contribution in [0.2, 0.25) is 0 Å². The highest BCUT2D eigenvalue weighted by Crippen LogP contribution is 3.02. The molecule has 0 atom stereocenters.